The van der Waals surface area contributed by atoms with Gasteiger partial charge >= 0.3 is 0 Å². The highest BCUT2D eigenvalue weighted by atomic mass is 127. The first-order chi connectivity index (χ1) is 11.6. The van der Waals surface area contributed by atoms with Gasteiger partial charge in [0.25, 0.3) is 0 Å². The summed E-state index contributed by atoms with van der Waals surface area (Å²) in [6, 6.07) is 9.35. The lowest BCUT2D eigenvalue weighted by Crippen LogP contribution is -2.49. The molecule has 5 heteroatoms. The van der Waals surface area contributed by atoms with Crippen molar-refractivity contribution in [1.29, 1.82) is 0 Å². The SMILES string of the molecule is CCCN1CCC(NC(=NC)NCC(C)c2ccc(C)cc2)CC1.I. The van der Waals surface area contributed by atoms with E-state index in [9.17, 15) is 0 Å². The molecule has 0 amide bonds. The van der Waals surface area contributed by atoms with Crippen LogP contribution in [0.5, 0.6) is 0 Å². The zero-order chi connectivity index (χ0) is 17.4. The van der Waals surface area contributed by atoms with Crippen molar-refractivity contribution in [3.63, 3.8) is 0 Å². The smallest absolute Gasteiger partial charge is 0.191 e. The lowest BCUT2D eigenvalue weighted by atomic mass is 10.00. The molecule has 1 fully saturated rings. The summed E-state index contributed by atoms with van der Waals surface area (Å²) in [6.07, 6.45) is 3.65. The Bertz CT molecular complexity index is 507. The number of hydrogen-bond donors (Lipinski definition) is 2. The topological polar surface area (TPSA) is 39.7 Å². The van der Waals surface area contributed by atoms with E-state index in [-0.39, 0.29) is 24.0 Å². The number of guanidine groups is 1. The van der Waals surface area contributed by atoms with Crippen molar-refractivity contribution in [1.82, 2.24) is 15.5 Å². The van der Waals surface area contributed by atoms with Crippen molar-refractivity contribution < 1.29 is 0 Å². The van der Waals surface area contributed by atoms with Gasteiger partial charge in [-0.1, -0.05) is 43.7 Å². The van der Waals surface area contributed by atoms with Gasteiger partial charge in [0.1, 0.15) is 0 Å². The Kier molecular flexibility index (Phi) is 10.4. The van der Waals surface area contributed by atoms with Gasteiger partial charge in [-0.25, -0.2) is 0 Å². The molecule has 25 heavy (non-hydrogen) atoms. The highest BCUT2D eigenvalue weighted by molar-refractivity contribution is 14.0. The van der Waals surface area contributed by atoms with Gasteiger partial charge in [-0.3, -0.25) is 4.99 Å². The number of rotatable bonds is 6. The summed E-state index contributed by atoms with van der Waals surface area (Å²) in [6.45, 7) is 11.2. The molecule has 2 rings (SSSR count). The van der Waals surface area contributed by atoms with Crippen LogP contribution < -0.4 is 10.6 Å². The fourth-order valence-electron chi connectivity index (χ4n) is 3.27. The summed E-state index contributed by atoms with van der Waals surface area (Å²) in [5, 5.41) is 7.09. The normalized spacial score (nSPS) is 17.7. The molecule has 1 atom stereocenters. The molecule has 1 heterocycles. The minimum atomic E-state index is 0. The third-order valence-electron chi connectivity index (χ3n) is 4.91. The number of aliphatic imine (C=N–C) groups is 1. The van der Waals surface area contributed by atoms with Crippen molar-refractivity contribution in [2.24, 2.45) is 4.99 Å². The van der Waals surface area contributed by atoms with Crippen LogP contribution in [0, 0.1) is 6.92 Å². The summed E-state index contributed by atoms with van der Waals surface area (Å²) in [4.78, 5) is 6.96. The van der Waals surface area contributed by atoms with E-state index in [1.54, 1.807) is 0 Å². The van der Waals surface area contributed by atoms with Gasteiger partial charge in [0.05, 0.1) is 0 Å². The highest BCUT2D eigenvalue weighted by Crippen LogP contribution is 2.15. The Morgan fingerprint density at radius 2 is 1.88 bits per heavy atom. The van der Waals surface area contributed by atoms with Crippen LogP contribution in [0.25, 0.3) is 0 Å². The molecule has 1 aliphatic heterocycles. The molecule has 0 spiro atoms. The van der Waals surface area contributed by atoms with Crippen LogP contribution in [-0.2, 0) is 0 Å². The average molecular weight is 458 g/mol. The molecule has 0 aliphatic carbocycles. The van der Waals surface area contributed by atoms with Crippen LogP contribution in [0.3, 0.4) is 0 Å². The fourth-order valence-corrected chi connectivity index (χ4v) is 3.27. The van der Waals surface area contributed by atoms with Gasteiger partial charge < -0.3 is 15.5 Å². The average Bonchev–Trinajstić information content (AvgIpc) is 2.60. The van der Waals surface area contributed by atoms with E-state index in [1.807, 2.05) is 7.05 Å². The summed E-state index contributed by atoms with van der Waals surface area (Å²) < 4.78 is 0. The van der Waals surface area contributed by atoms with Crippen LogP contribution >= 0.6 is 24.0 Å². The zero-order valence-corrected chi connectivity index (χ0v) is 18.5. The van der Waals surface area contributed by atoms with Crippen LogP contribution in [0.15, 0.2) is 29.3 Å². The summed E-state index contributed by atoms with van der Waals surface area (Å²) in [5.74, 6) is 1.40. The number of aryl methyl sites for hydroxylation is 1. The molecule has 1 aromatic carbocycles. The van der Waals surface area contributed by atoms with Crippen molar-refractivity contribution in [2.75, 3.05) is 33.2 Å². The molecule has 0 saturated carbocycles. The number of hydrogen-bond acceptors (Lipinski definition) is 2. The molecule has 1 aromatic rings. The van der Waals surface area contributed by atoms with Crippen LogP contribution in [0.2, 0.25) is 0 Å². The first-order valence-corrected chi connectivity index (χ1v) is 9.38. The molecular weight excluding hydrogens is 423 g/mol. The first kappa shape index (κ1) is 22.2. The monoisotopic (exact) mass is 458 g/mol. The molecule has 4 nitrogen and oxygen atoms in total. The second kappa shape index (κ2) is 11.7. The van der Waals surface area contributed by atoms with E-state index in [1.165, 1.54) is 50.0 Å². The predicted molar refractivity (Wildman–Crippen MR) is 119 cm³/mol. The van der Waals surface area contributed by atoms with Gasteiger partial charge in [-0.2, -0.15) is 0 Å². The standard InChI is InChI=1S/C20H34N4.HI/c1-5-12-24-13-10-19(11-14-24)23-20(21-4)22-15-17(3)18-8-6-16(2)7-9-18;/h6-9,17,19H,5,10-15H2,1-4H3,(H2,21,22,23);1H. The first-order valence-electron chi connectivity index (χ1n) is 9.38. The Hall–Kier alpha value is -0.820. The maximum Gasteiger partial charge on any atom is 0.191 e. The van der Waals surface area contributed by atoms with E-state index in [4.69, 9.17) is 0 Å². The van der Waals surface area contributed by atoms with E-state index < -0.39 is 0 Å². The number of piperidine rings is 1. The van der Waals surface area contributed by atoms with E-state index >= 15 is 0 Å². The quantitative estimate of drug-likeness (QED) is 0.388. The number of halogens is 1. The largest absolute Gasteiger partial charge is 0.356 e. The zero-order valence-electron chi connectivity index (χ0n) is 16.2. The Morgan fingerprint density at radius 3 is 2.44 bits per heavy atom. The lowest BCUT2D eigenvalue weighted by molar-refractivity contribution is 0.206. The number of nitrogens with one attached hydrogen (secondary N) is 2. The Labute approximate surface area is 170 Å². The predicted octanol–water partition coefficient (Wildman–Crippen LogP) is 3.76. The van der Waals surface area contributed by atoms with Gasteiger partial charge in [0.2, 0.25) is 0 Å². The maximum atomic E-state index is 4.40. The Balaban J connectivity index is 0.00000312. The fraction of sp³-hybridized carbons (Fsp3) is 0.650. The third kappa shape index (κ3) is 7.52. The van der Waals surface area contributed by atoms with Gasteiger partial charge in [-0.05, 0) is 44.2 Å². The molecule has 0 aromatic heterocycles. The van der Waals surface area contributed by atoms with Gasteiger partial charge in [0.15, 0.2) is 5.96 Å². The second-order valence-corrected chi connectivity index (χ2v) is 7.03. The van der Waals surface area contributed by atoms with Gasteiger partial charge in [0, 0.05) is 32.7 Å². The summed E-state index contributed by atoms with van der Waals surface area (Å²) in [7, 11) is 1.86. The number of benzene rings is 1. The molecule has 1 unspecified atom stereocenters. The molecule has 2 N–H and O–H groups in total. The van der Waals surface area contributed by atoms with Crippen molar-refractivity contribution in [2.45, 2.75) is 52.0 Å². The molecule has 0 radical (unpaired) electrons. The maximum absolute atomic E-state index is 4.40. The van der Waals surface area contributed by atoms with E-state index in [2.05, 4.69) is 65.6 Å². The van der Waals surface area contributed by atoms with Crippen molar-refractivity contribution in [3.8, 4) is 0 Å². The molecule has 1 aliphatic rings. The molecule has 0 bridgehead atoms. The highest BCUT2D eigenvalue weighted by Gasteiger charge is 2.19. The van der Waals surface area contributed by atoms with Gasteiger partial charge in [-0.15, -0.1) is 24.0 Å². The molecule has 1 saturated heterocycles. The van der Waals surface area contributed by atoms with E-state index in [0.29, 0.717) is 12.0 Å². The minimum absolute atomic E-state index is 0. The van der Waals surface area contributed by atoms with Crippen LogP contribution in [0.4, 0.5) is 0 Å². The second-order valence-electron chi connectivity index (χ2n) is 7.03. The van der Waals surface area contributed by atoms with Crippen molar-refractivity contribution >= 4 is 29.9 Å². The van der Waals surface area contributed by atoms with Crippen LogP contribution in [0.1, 0.15) is 50.2 Å². The third-order valence-corrected chi connectivity index (χ3v) is 4.91. The number of likely N-dealkylation sites (tertiary alicyclic amines) is 1. The molecular formula is C20H35IN4. The van der Waals surface area contributed by atoms with Crippen molar-refractivity contribution in [3.05, 3.63) is 35.4 Å². The molecule has 142 valence electrons. The van der Waals surface area contributed by atoms with Crippen LogP contribution in [-0.4, -0.2) is 50.1 Å². The summed E-state index contributed by atoms with van der Waals surface area (Å²) >= 11 is 0. The minimum Gasteiger partial charge on any atom is -0.356 e. The number of nitrogens with zero attached hydrogens (tertiary/aromatic N) is 2. The lowest BCUT2D eigenvalue weighted by Gasteiger charge is -2.33. The Morgan fingerprint density at radius 1 is 1.24 bits per heavy atom. The summed E-state index contributed by atoms with van der Waals surface area (Å²) in [5.41, 5.74) is 2.68. The van der Waals surface area contributed by atoms with E-state index in [0.717, 1.165) is 12.5 Å².